The molecule has 0 amide bonds. The number of hydrogen-bond acceptors (Lipinski definition) is 8. The first-order valence-electron chi connectivity index (χ1n) is 11.5. The summed E-state index contributed by atoms with van der Waals surface area (Å²) in [5.41, 5.74) is 3.96. The van der Waals surface area contributed by atoms with E-state index in [1.54, 1.807) is 29.4 Å². The van der Waals surface area contributed by atoms with Crippen molar-refractivity contribution in [3.8, 4) is 5.75 Å². The quantitative estimate of drug-likeness (QED) is 0.167. The van der Waals surface area contributed by atoms with Crippen LogP contribution in [0.4, 0.5) is 11.5 Å². The summed E-state index contributed by atoms with van der Waals surface area (Å²) in [6.07, 6.45) is 5.73. The highest BCUT2D eigenvalue weighted by atomic mass is 32.2. The van der Waals surface area contributed by atoms with Crippen LogP contribution in [0.5, 0.6) is 5.75 Å². The number of aromatic nitrogens is 4. The number of aryl methyl sites for hydroxylation is 1. The molecule has 3 heterocycles. The van der Waals surface area contributed by atoms with E-state index in [2.05, 4.69) is 33.3 Å². The van der Waals surface area contributed by atoms with Crippen LogP contribution >= 0.6 is 11.8 Å². The number of pyridine rings is 2. The van der Waals surface area contributed by atoms with Gasteiger partial charge in [-0.05, 0) is 29.5 Å². The molecule has 4 aromatic rings. The van der Waals surface area contributed by atoms with Crippen molar-refractivity contribution in [2.45, 2.75) is 33.4 Å². The van der Waals surface area contributed by atoms with Gasteiger partial charge in [-0.2, -0.15) is 11.8 Å². The highest BCUT2D eigenvalue weighted by Crippen LogP contribution is 2.24. The number of imidazole rings is 1. The molecule has 0 aliphatic rings. The lowest BCUT2D eigenvalue weighted by atomic mass is 10.1. The van der Waals surface area contributed by atoms with Crippen LogP contribution in [0.3, 0.4) is 0 Å². The minimum Gasteiger partial charge on any atom is -0.492 e. The van der Waals surface area contributed by atoms with Crippen molar-refractivity contribution in [2.75, 3.05) is 23.4 Å². The van der Waals surface area contributed by atoms with Crippen LogP contribution in [-0.2, 0) is 19.5 Å². The molecule has 0 atom stereocenters. The number of nitrogens with zero attached hydrogens (tertiary/aromatic N) is 5. The smallest absolute Gasteiger partial charge is 0.342 e. The zero-order valence-corrected chi connectivity index (χ0v) is 20.6. The van der Waals surface area contributed by atoms with Gasteiger partial charge in [0.1, 0.15) is 18.5 Å². The lowest BCUT2D eigenvalue weighted by Gasteiger charge is -2.15. The van der Waals surface area contributed by atoms with Crippen molar-refractivity contribution in [3.63, 3.8) is 0 Å². The molecule has 4 rings (SSSR count). The molecular formula is C25H28N6O3S. The van der Waals surface area contributed by atoms with E-state index in [0.717, 1.165) is 51.5 Å². The van der Waals surface area contributed by atoms with E-state index in [4.69, 9.17) is 4.74 Å². The Hall–Kier alpha value is -3.66. The molecule has 0 bridgehead atoms. The van der Waals surface area contributed by atoms with E-state index in [0.29, 0.717) is 25.5 Å². The summed E-state index contributed by atoms with van der Waals surface area (Å²) in [6.45, 7) is 5.55. The van der Waals surface area contributed by atoms with Crippen molar-refractivity contribution in [2.24, 2.45) is 0 Å². The van der Waals surface area contributed by atoms with Gasteiger partial charge in [0.2, 0.25) is 0 Å². The molecule has 0 saturated carbocycles. The second kappa shape index (κ2) is 11.7. The van der Waals surface area contributed by atoms with Gasteiger partial charge in [0, 0.05) is 35.6 Å². The fraction of sp³-hybridized carbons (Fsp3) is 0.320. The maximum atomic E-state index is 11.1. The van der Waals surface area contributed by atoms with Gasteiger partial charge < -0.3 is 20.2 Å². The second-order valence-corrected chi connectivity index (χ2v) is 9.12. The fourth-order valence-corrected chi connectivity index (χ4v) is 4.60. The number of benzene rings is 1. The number of nitro groups is 1. The van der Waals surface area contributed by atoms with Crippen molar-refractivity contribution in [3.05, 3.63) is 82.2 Å². The number of ether oxygens (including phenoxy) is 1. The van der Waals surface area contributed by atoms with E-state index >= 15 is 0 Å². The Morgan fingerprint density at radius 3 is 2.83 bits per heavy atom. The van der Waals surface area contributed by atoms with E-state index in [9.17, 15) is 10.1 Å². The summed E-state index contributed by atoms with van der Waals surface area (Å²) in [5, 5.41) is 15.6. The molecule has 0 saturated heterocycles. The van der Waals surface area contributed by atoms with Gasteiger partial charge >= 0.3 is 5.82 Å². The molecule has 35 heavy (non-hydrogen) atoms. The number of fused-ring (bicyclic) bond motifs is 1. The van der Waals surface area contributed by atoms with Gasteiger partial charge in [-0.1, -0.05) is 25.1 Å². The summed E-state index contributed by atoms with van der Waals surface area (Å²) in [4.78, 5) is 23.8. The standard InChI is InChI=1S/C25H28N6O3S/c1-3-21-23(16-28-20-14-19-6-4-5-7-22(19)29-15-20)26-9-8-24(21)34-11-13-35-12-10-30-18(2)27-17-25(30)31(32)33/h4-9,14-15,17,28H,3,10-13,16H2,1-2H3. The number of rotatable bonds is 12. The van der Waals surface area contributed by atoms with Crippen molar-refractivity contribution in [1.82, 2.24) is 19.5 Å². The van der Waals surface area contributed by atoms with Gasteiger partial charge in [0.15, 0.2) is 5.82 Å². The lowest BCUT2D eigenvalue weighted by Crippen LogP contribution is -2.10. The normalized spacial score (nSPS) is 11.0. The van der Waals surface area contributed by atoms with Crippen LogP contribution in [0.25, 0.3) is 10.9 Å². The Morgan fingerprint density at radius 2 is 2.00 bits per heavy atom. The van der Waals surface area contributed by atoms with Gasteiger partial charge in [-0.15, -0.1) is 0 Å². The third-order valence-corrected chi connectivity index (χ3v) is 6.60. The van der Waals surface area contributed by atoms with Crippen LogP contribution in [-0.4, -0.2) is 42.6 Å². The topological polar surface area (TPSA) is 108 Å². The zero-order valence-electron chi connectivity index (χ0n) is 19.8. The zero-order chi connectivity index (χ0) is 24.6. The molecule has 0 spiro atoms. The van der Waals surface area contributed by atoms with Crippen LogP contribution in [0.2, 0.25) is 0 Å². The highest BCUT2D eigenvalue weighted by Gasteiger charge is 2.16. The SMILES string of the molecule is CCc1c(OCCSCCn2c([N+](=O)[O-])cnc2C)ccnc1CNc1cnc2ccccc2c1. The first-order valence-corrected chi connectivity index (χ1v) is 12.6. The average Bonchev–Trinajstić information content (AvgIpc) is 3.25. The van der Waals surface area contributed by atoms with Gasteiger partial charge in [0.25, 0.3) is 0 Å². The Balaban J connectivity index is 1.28. The van der Waals surface area contributed by atoms with Crippen LogP contribution < -0.4 is 10.1 Å². The molecule has 10 heteroatoms. The minimum atomic E-state index is -0.396. The summed E-state index contributed by atoms with van der Waals surface area (Å²) < 4.78 is 7.71. The Kier molecular flexibility index (Phi) is 8.15. The van der Waals surface area contributed by atoms with Crippen molar-refractivity contribution < 1.29 is 9.66 Å². The summed E-state index contributed by atoms with van der Waals surface area (Å²) >= 11 is 1.69. The minimum absolute atomic E-state index is 0.0318. The molecule has 3 aromatic heterocycles. The summed E-state index contributed by atoms with van der Waals surface area (Å²) in [6, 6.07) is 12.0. The maximum absolute atomic E-state index is 11.1. The molecular weight excluding hydrogens is 464 g/mol. The largest absolute Gasteiger partial charge is 0.492 e. The highest BCUT2D eigenvalue weighted by molar-refractivity contribution is 7.99. The third-order valence-electron chi connectivity index (χ3n) is 5.67. The molecule has 0 aliphatic carbocycles. The third kappa shape index (κ3) is 6.07. The Morgan fingerprint density at radius 1 is 1.14 bits per heavy atom. The maximum Gasteiger partial charge on any atom is 0.342 e. The molecule has 182 valence electrons. The number of para-hydroxylation sites is 1. The first kappa shape index (κ1) is 24.5. The van der Waals surface area contributed by atoms with E-state index < -0.39 is 4.92 Å². The average molecular weight is 493 g/mol. The molecule has 0 radical (unpaired) electrons. The monoisotopic (exact) mass is 492 g/mol. The molecule has 0 aliphatic heterocycles. The van der Waals surface area contributed by atoms with Crippen LogP contribution in [0, 0.1) is 17.0 Å². The molecule has 1 N–H and O–H groups in total. The van der Waals surface area contributed by atoms with Crippen molar-refractivity contribution >= 4 is 34.2 Å². The van der Waals surface area contributed by atoms with Crippen molar-refractivity contribution in [1.29, 1.82) is 0 Å². The fourth-order valence-electron chi connectivity index (χ4n) is 3.88. The Bertz CT molecular complexity index is 1310. The molecule has 0 unspecified atom stereocenters. The number of hydrogen-bond donors (Lipinski definition) is 1. The number of anilines is 1. The van der Waals surface area contributed by atoms with Crippen LogP contribution in [0.15, 0.2) is 55.0 Å². The first-order chi connectivity index (χ1) is 17.1. The predicted octanol–water partition coefficient (Wildman–Crippen LogP) is 5.03. The predicted molar refractivity (Wildman–Crippen MR) is 139 cm³/mol. The van der Waals surface area contributed by atoms with E-state index in [1.807, 2.05) is 36.5 Å². The van der Waals surface area contributed by atoms with Gasteiger partial charge in [0.05, 0.1) is 36.2 Å². The number of thioether (sulfide) groups is 1. The van der Waals surface area contributed by atoms with E-state index in [1.165, 1.54) is 6.20 Å². The second-order valence-electron chi connectivity index (χ2n) is 7.89. The lowest BCUT2D eigenvalue weighted by molar-refractivity contribution is -0.392. The molecule has 0 fully saturated rings. The van der Waals surface area contributed by atoms with Crippen LogP contribution in [0.1, 0.15) is 24.0 Å². The van der Waals surface area contributed by atoms with E-state index in [-0.39, 0.29) is 5.82 Å². The molecule has 1 aromatic carbocycles. The molecule has 9 nitrogen and oxygen atoms in total. The number of nitrogens with one attached hydrogen (secondary N) is 1. The summed E-state index contributed by atoms with van der Waals surface area (Å²) in [5.74, 6) is 3.05. The van der Waals surface area contributed by atoms with Gasteiger partial charge in [-0.3, -0.25) is 9.97 Å². The van der Waals surface area contributed by atoms with Gasteiger partial charge in [-0.25, -0.2) is 9.55 Å². The summed E-state index contributed by atoms with van der Waals surface area (Å²) in [7, 11) is 0. The Labute approximate surface area is 208 Å².